The molecule has 41 heavy (non-hydrogen) atoms. The summed E-state index contributed by atoms with van der Waals surface area (Å²) in [6.45, 7) is 2.07. The minimum absolute atomic E-state index is 0.0153. The number of tetrazole rings is 1. The van der Waals surface area contributed by atoms with Crippen LogP contribution in [0.2, 0.25) is 0 Å². The van der Waals surface area contributed by atoms with Gasteiger partial charge in [0.1, 0.15) is 23.3 Å². The fraction of sp³-hybridized carbons (Fsp3) is 0.192. The van der Waals surface area contributed by atoms with E-state index in [0.717, 1.165) is 28.2 Å². The highest BCUT2D eigenvalue weighted by atomic mass is 19.4. The molecule has 210 valence electrons. The second kappa shape index (κ2) is 11.0. The molecule has 12 nitrogen and oxygen atoms in total. The molecule has 2 aromatic carbocycles. The van der Waals surface area contributed by atoms with Gasteiger partial charge in [0.25, 0.3) is 11.8 Å². The summed E-state index contributed by atoms with van der Waals surface area (Å²) in [5.41, 5.74) is 2.18. The van der Waals surface area contributed by atoms with Gasteiger partial charge in [0.05, 0.1) is 5.69 Å². The van der Waals surface area contributed by atoms with Crippen molar-refractivity contribution in [3.05, 3.63) is 99.2 Å². The summed E-state index contributed by atoms with van der Waals surface area (Å²) >= 11 is 0. The molecule has 0 saturated heterocycles. The van der Waals surface area contributed by atoms with Crippen LogP contribution in [0.4, 0.5) is 13.2 Å². The number of alkyl halides is 3. The van der Waals surface area contributed by atoms with E-state index in [1.165, 1.54) is 18.2 Å². The lowest BCUT2D eigenvalue weighted by Gasteiger charge is -2.11. The molecule has 2 amide bonds. The van der Waals surface area contributed by atoms with Crippen molar-refractivity contribution in [3.8, 4) is 5.69 Å². The number of carbonyl (C=O) groups excluding carboxylic acids is 2. The second-order valence-corrected chi connectivity index (χ2v) is 8.86. The highest BCUT2D eigenvalue weighted by Crippen LogP contribution is 2.34. The Hall–Kier alpha value is -5.34. The molecule has 3 heterocycles. The van der Waals surface area contributed by atoms with Gasteiger partial charge in [-0.25, -0.2) is 19.9 Å². The number of amides is 2. The minimum atomic E-state index is -4.60. The first-order chi connectivity index (χ1) is 19.6. The van der Waals surface area contributed by atoms with E-state index in [1.54, 1.807) is 24.3 Å². The molecule has 0 aliphatic rings. The number of rotatable bonds is 8. The zero-order valence-corrected chi connectivity index (χ0v) is 21.3. The highest BCUT2D eigenvalue weighted by molar-refractivity contribution is 5.97. The van der Waals surface area contributed by atoms with Gasteiger partial charge in [-0.3, -0.25) is 9.59 Å². The van der Waals surface area contributed by atoms with E-state index in [-0.39, 0.29) is 35.4 Å². The Bertz CT molecular complexity index is 1810. The monoisotopic (exact) mass is 566 g/mol. The number of aromatic nitrogens is 6. The number of aromatic amines is 1. The quantitative estimate of drug-likeness (QED) is 0.258. The number of nitrogens with one attached hydrogen (secondary N) is 3. The summed E-state index contributed by atoms with van der Waals surface area (Å²) in [6, 6.07) is 11.8. The van der Waals surface area contributed by atoms with Gasteiger partial charge in [0.15, 0.2) is 0 Å². The molecule has 3 N–H and O–H groups in total. The average molecular weight is 567 g/mol. The number of halogens is 3. The van der Waals surface area contributed by atoms with Crippen LogP contribution in [0, 0.1) is 0 Å². The number of H-pyrrole nitrogens is 1. The van der Waals surface area contributed by atoms with Gasteiger partial charge in [-0.2, -0.15) is 17.9 Å². The first kappa shape index (κ1) is 27.2. The third kappa shape index (κ3) is 5.98. The summed E-state index contributed by atoms with van der Waals surface area (Å²) in [7, 11) is 0. The summed E-state index contributed by atoms with van der Waals surface area (Å²) in [5.74, 6) is -2.25. The van der Waals surface area contributed by atoms with E-state index in [2.05, 4.69) is 36.1 Å². The van der Waals surface area contributed by atoms with Gasteiger partial charge in [-0.15, -0.1) is 0 Å². The summed E-state index contributed by atoms with van der Waals surface area (Å²) in [4.78, 5) is 45.1. The van der Waals surface area contributed by atoms with Crippen molar-refractivity contribution in [1.29, 1.82) is 0 Å². The molecule has 0 atom stereocenters. The Morgan fingerprint density at radius 1 is 0.951 bits per heavy atom. The molecule has 3 aromatic heterocycles. The van der Waals surface area contributed by atoms with Crippen LogP contribution < -0.4 is 16.3 Å². The Balaban J connectivity index is 1.22. The summed E-state index contributed by atoms with van der Waals surface area (Å²) in [6.07, 6.45) is -2.90. The van der Waals surface area contributed by atoms with E-state index in [1.807, 2.05) is 6.92 Å². The van der Waals surface area contributed by atoms with Crippen molar-refractivity contribution in [2.45, 2.75) is 32.6 Å². The molecule has 5 aromatic rings. The van der Waals surface area contributed by atoms with E-state index >= 15 is 0 Å². The molecular weight excluding hydrogens is 545 g/mol. The number of carbonyl (C=O) groups is 2. The first-order valence-corrected chi connectivity index (χ1v) is 12.2. The lowest BCUT2D eigenvalue weighted by molar-refractivity contribution is -0.152. The standard InChI is InChI=1S/C26H21F3N8O4/c1-2-15-8-18(37-25(40)34-35-36-37)6-5-17(15)12-31-24(39)20-10-19(32-13-33-20)23(38)30-11-14-3-4-16-9-22(26(27,28)29)41-21(16)7-14/h3-10,13H,2,11-12H2,1H3,(H,30,38)(H,31,39)(H,34,36,40). The molecule has 0 bridgehead atoms. The third-order valence-electron chi connectivity index (χ3n) is 6.18. The fourth-order valence-corrected chi connectivity index (χ4v) is 4.08. The van der Waals surface area contributed by atoms with E-state index < -0.39 is 29.4 Å². The van der Waals surface area contributed by atoms with Crippen molar-refractivity contribution in [2.75, 3.05) is 0 Å². The van der Waals surface area contributed by atoms with Gasteiger partial charge < -0.3 is 15.1 Å². The highest BCUT2D eigenvalue weighted by Gasteiger charge is 2.35. The van der Waals surface area contributed by atoms with Gasteiger partial charge in [-0.1, -0.05) is 25.1 Å². The Morgan fingerprint density at radius 3 is 2.34 bits per heavy atom. The van der Waals surface area contributed by atoms with Crippen molar-refractivity contribution >= 4 is 22.8 Å². The van der Waals surface area contributed by atoms with Crippen LogP contribution in [-0.2, 0) is 25.7 Å². The Morgan fingerprint density at radius 2 is 1.68 bits per heavy atom. The number of fused-ring (bicyclic) bond motifs is 1. The van der Waals surface area contributed by atoms with Gasteiger partial charge in [-0.05, 0) is 57.8 Å². The number of hydrogen-bond donors (Lipinski definition) is 3. The predicted molar refractivity (Wildman–Crippen MR) is 137 cm³/mol. The number of hydrogen-bond acceptors (Lipinski definition) is 8. The van der Waals surface area contributed by atoms with Crippen molar-refractivity contribution < 1.29 is 27.2 Å². The largest absolute Gasteiger partial charge is 0.451 e. The normalized spacial score (nSPS) is 11.5. The topological polar surface area (TPSA) is 161 Å². The first-order valence-electron chi connectivity index (χ1n) is 12.2. The van der Waals surface area contributed by atoms with E-state index in [0.29, 0.717) is 17.7 Å². The minimum Gasteiger partial charge on any atom is -0.451 e. The van der Waals surface area contributed by atoms with Crippen LogP contribution in [0.5, 0.6) is 0 Å². The zero-order chi connectivity index (χ0) is 29.1. The third-order valence-corrected chi connectivity index (χ3v) is 6.18. The van der Waals surface area contributed by atoms with Crippen LogP contribution in [-0.4, -0.2) is 42.0 Å². The number of nitrogens with zero attached hydrogens (tertiary/aromatic N) is 5. The average Bonchev–Trinajstić information content (AvgIpc) is 3.60. The summed E-state index contributed by atoms with van der Waals surface area (Å²) < 4.78 is 44.7. The van der Waals surface area contributed by atoms with Crippen LogP contribution in [0.25, 0.3) is 16.7 Å². The molecular formula is C26H21F3N8O4. The van der Waals surface area contributed by atoms with E-state index in [9.17, 15) is 27.6 Å². The van der Waals surface area contributed by atoms with Crippen LogP contribution >= 0.6 is 0 Å². The second-order valence-electron chi connectivity index (χ2n) is 8.86. The van der Waals surface area contributed by atoms with Gasteiger partial charge in [0.2, 0.25) is 5.76 Å². The molecule has 0 saturated carbocycles. The molecule has 0 fully saturated rings. The number of furan rings is 1. The van der Waals surface area contributed by atoms with Crippen LogP contribution in [0.1, 0.15) is 50.4 Å². The number of aryl methyl sites for hydroxylation is 1. The molecule has 0 spiro atoms. The molecule has 0 radical (unpaired) electrons. The predicted octanol–water partition coefficient (Wildman–Crippen LogP) is 2.93. The lowest BCUT2D eigenvalue weighted by atomic mass is 10.0. The maximum Gasteiger partial charge on any atom is 0.449 e. The van der Waals surface area contributed by atoms with Crippen LogP contribution in [0.3, 0.4) is 0 Å². The number of benzene rings is 2. The van der Waals surface area contributed by atoms with E-state index in [4.69, 9.17) is 4.42 Å². The maximum absolute atomic E-state index is 12.9. The lowest BCUT2D eigenvalue weighted by Crippen LogP contribution is -2.27. The van der Waals surface area contributed by atoms with Gasteiger partial charge in [0, 0.05) is 24.5 Å². The Labute approximate surface area is 228 Å². The molecule has 0 aliphatic carbocycles. The van der Waals surface area contributed by atoms with Crippen molar-refractivity contribution in [3.63, 3.8) is 0 Å². The van der Waals surface area contributed by atoms with Crippen LogP contribution in [0.15, 0.2) is 64.1 Å². The molecule has 0 unspecified atom stereocenters. The molecule has 5 rings (SSSR count). The van der Waals surface area contributed by atoms with Gasteiger partial charge >= 0.3 is 11.9 Å². The molecule has 0 aliphatic heterocycles. The SMILES string of the molecule is CCc1cc(-n2nn[nH]c2=O)ccc1CNC(=O)c1cc(C(=O)NCc2ccc3cc(C(F)(F)F)oc3c2)ncn1. The molecule has 15 heteroatoms. The van der Waals surface area contributed by atoms with Crippen molar-refractivity contribution in [1.82, 2.24) is 40.8 Å². The zero-order valence-electron chi connectivity index (χ0n) is 21.3. The summed E-state index contributed by atoms with van der Waals surface area (Å²) in [5, 5.41) is 15.1. The smallest absolute Gasteiger partial charge is 0.449 e. The maximum atomic E-state index is 12.9. The fourth-order valence-electron chi connectivity index (χ4n) is 4.08. The Kier molecular flexibility index (Phi) is 7.33. The van der Waals surface area contributed by atoms with Crippen molar-refractivity contribution in [2.24, 2.45) is 0 Å².